The minimum atomic E-state index is -0.758. The molecule has 1 aliphatic rings. The third-order valence-electron chi connectivity index (χ3n) is 3.86. The van der Waals surface area contributed by atoms with Gasteiger partial charge in [0, 0.05) is 22.6 Å². The van der Waals surface area contributed by atoms with E-state index in [9.17, 15) is 9.90 Å². The van der Waals surface area contributed by atoms with Gasteiger partial charge in [0.2, 0.25) is 0 Å². The molecule has 4 N–H and O–H groups in total. The summed E-state index contributed by atoms with van der Waals surface area (Å²) in [5, 5.41) is 29.9. The Morgan fingerprint density at radius 3 is 2.18 bits per heavy atom. The fourth-order valence-corrected chi connectivity index (χ4v) is 4.33. The molecule has 7 nitrogen and oxygen atoms in total. The molecule has 0 aromatic heterocycles. The van der Waals surface area contributed by atoms with Crippen molar-refractivity contribution in [2.24, 2.45) is 0 Å². The zero-order valence-electron chi connectivity index (χ0n) is 20.3. The highest BCUT2D eigenvalue weighted by Crippen LogP contribution is 2.40. The number of nitrogens with one attached hydrogen (secondary N) is 1. The van der Waals surface area contributed by atoms with Crippen LogP contribution in [0.5, 0.6) is 0 Å². The molecule has 9 heteroatoms. The van der Waals surface area contributed by atoms with Gasteiger partial charge >= 0.3 is 6.09 Å². The lowest BCUT2D eigenvalue weighted by Crippen LogP contribution is -2.39. The minimum Gasteiger partial charge on any atom is -0.508 e. The molecule has 0 bridgehead atoms. The average Bonchev–Trinajstić information content (AvgIpc) is 2.74. The highest BCUT2D eigenvalue weighted by atomic mass is 33.1. The van der Waals surface area contributed by atoms with E-state index in [0.29, 0.717) is 13.0 Å². The summed E-state index contributed by atoms with van der Waals surface area (Å²) in [7, 11) is 3.34. The van der Waals surface area contributed by atoms with Crippen LogP contribution in [0.15, 0.2) is 53.1 Å². The van der Waals surface area contributed by atoms with Gasteiger partial charge in [-0.05, 0) is 77.5 Å². The number of hydrogen-bond donors (Lipinski definition) is 4. The van der Waals surface area contributed by atoms with Crippen molar-refractivity contribution < 1.29 is 29.6 Å². The van der Waals surface area contributed by atoms with E-state index in [1.54, 1.807) is 40.7 Å². The molecule has 1 aromatic rings. The second-order valence-corrected chi connectivity index (χ2v) is 12.0. The SMILES string of the molecule is C=O.CC(C)(C)OC(=O)NCC(C)(C)SSc1ccc(CO)cc1.CC1(O)C=CC(O)=CC1. The van der Waals surface area contributed by atoms with E-state index in [4.69, 9.17) is 19.7 Å². The van der Waals surface area contributed by atoms with E-state index in [1.165, 1.54) is 6.08 Å². The number of allylic oxidation sites excluding steroid dienone is 1. The molecule has 1 aromatic carbocycles. The van der Waals surface area contributed by atoms with E-state index in [2.05, 4.69) is 19.2 Å². The number of amides is 1. The topological polar surface area (TPSA) is 116 Å². The molecule has 0 fully saturated rings. The Balaban J connectivity index is 0.000000770. The number of alkyl carbamates (subject to hydrolysis) is 1. The second-order valence-electron chi connectivity index (χ2n) is 9.11. The van der Waals surface area contributed by atoms with Gasteiger partial charge in [0.15, 0.2) is 0 Å². The third kappa shape index (κ3) is 15.5. The molecule has 0 heterocycles. The summed E-state index contributed by atoms with van der Waals surface area (Å²) in [5.74, 6) is 0.238. The molecule has 0 radical (unpaired) electrons. The van der Waals surface area contributed by atoms with Crippen molar-refractivity contribution >= 4 is 34.5 Å². The maximum absolute atomic E-state index is 11.7. The predicted molar refractivity (Wildman–Crippen MR) is 136 cm³/mol. The maximum atomic E-state index is 11.7. The minimum absolute atomic E-state index is 0.0589. The number of carbonyl (C=O) groups excluding carboxylic acids is 2. The van der Waals surface area contributed by atoms with Gasteiger partial charge in [-0.15, -0.1) is 0 Å². The molecular formula is C24H37NO6S2. The standard InChI is InChI=1S/C16H25NO3S2.C7H10O2.CH2O/c1-15(2,3)20-14(19)17-11-16(4,5)22-21-13-8-6-12(10-18)7-9-13;1-7(9)4-2-6(8)3-5-7;1-2/h6-9,18H,10-11H2,1-5H3,(H,17,19);2-4,8-9H,5H2,1H3;1H2. The van der Waals surface area contributed by atoms with Crippen molar-refractivity contribution in [1.82, 2.24) is 5.32 Å². The van der Waals surface area contributed by atoms with Crippen LogP contribution in [0.3, 0.4) is 0 Å². The number of ether oxygens (including phenoxy) is 1. The van der Waals surface area contributed by atoms with Gasteiger partial charge in [-0.3, -0.25) is 0 Å². The van der Waals surface area contributed by atoms with Crippen molar-refractivity contribution in [2.45, 2.75) is 75.4 Å². The van der Waals surface area contributed by atoms with E-state index < -0.39 is 17.3 Å². The van der Waals surface area contributed by atoms with Crippen LogP contribution < -0.4 is 5.32 Å². The van der Waals surface area contributed by atoms with Crippen LogP contribution >= 0.6 is 21.6 Å². The number of hydrogen-bond acceptors (Lipinski definition) is 8. The Morgan fingerprint density at radius 2 is 1.76 bits per heavy atom. The lowest BCUT2D eigenvalue weighted by Gasteiger charge is -2.25. The molecule has 0 saturated heterocycles. The Morgan fingerprint density at radius 1 is 1.18 bits per heavy atom. The zero-order valence-corrected chi connectivity index (χ0v) is 21.9. The first-order valence-electron chi connectivity index (χ1n) is 10.3. The summed E-state index contributed by atoms with van der Waals surface area (Å²) in [6.07, 6.45) is 4.79. The van der Waals surface area contributed by atoms with Crippen LogP contribution in [0.4, 0.5) is 4.79 Å². The van der Waals surface area contributed by atoms with Crippen LogP contribution in [0.2, 0.25) is 0 Å². The first kappa shape index (κ1) is 31.1. The fourth-order valence-electron chi connectivity index (χ4n) is 2.15. The summed E-state index contributed by atoms with van der Waals surface area (Å²) in [4.78, 5) is 20.8. The highest BCUT2D eigenvalue weighted by Gasteiger charge is 2.23. The van der Waals surface area contributed by atoms with Crippen molar-refractivity contribution in [2.75, 3.05) is 6.54 Å². The fraction of sp³-hybridized carbons (Fsp3) is 0.500. The number of benzene rings is 1. The monoisotopic (exact) mass is 499 g/mol. The van der Waals surface area contributed by atoms with Gasteiger partial charge in [0.25, 0.3) is 0 Å². The van der Waals surface area contributed by atoms with Crippen LogP contribution in [-0.2, 0) is 16.1 Å². The first-order chi connectivity index (χ1) is 15.2. The smallest absolute Gasteiger partial charge is 0.407 e. The largest absolute Gasteiger partial charge is 0.508 e. The lowest BCUT2D eigenvalue weighted by atomic mass is 9.97. The summed E-state index contributed by atoms with van der Waals surface area (Å²) < 4.78 is 5.10. The Labute approximate surface area is 205 Å². The van der Waals surface area contributed by atoms with Crippen LogP contribution in [0, 0.1) is 0 Å². The molecule has 1 amide bonds. The van der Waals surface area contributed by atoms with Crippen molar-refractivity contribution in [3.05, 3.63) is 53.8 Å². The first-order valence-corrected chi connectivity index (χ1v) is 12.5. The number of aliphatic hydroxyl groups excluding tert-OH is 2. The van der Waals surface area contributed by atoms with Crippen LogP contribution in [0.1, 0.15) is 53.5 Å². The molecule has 2 rings (SSSR count). The number of rotatable bonds is 6. The summed E-state index contributed by atoms with van der Waals surface area (Å²) in [6, 6.07) is 7.80. The van der Waals surface area contributed by atoms with Crippen molar-refractivity contribution in [3.8, 4) is 0 Å². The second kappa shape index (κ2) is 14.3. The molecule has 0 spiro atoms. The van der Waals surface area contributed by atoms with Gasteiger partial charge in [0.1, 0.15) is 18.1 Å². The zero-order chi connectivity index (χ0) is 25.7. The molecule has 1 atom stereocenters. The molecule has 0 aliphatic heterocycles. The summed E-state index contributed by atoms with van der Waals surface area (Å²) in [6.45, 7) is 14.0. The van der Waals surface area contributed by atoms with E-state index in [1.807, 2.05) is 51.8 Å². The van der Waals surface area contributed by atoms with Gasteiger partial charge in [-0.25, -0.2) is 4.79 Å². The van der Waals surface area contributed by atoms with Crippen molar-refractivity contribution in [3.63, 3.8) is 0 Å². The van der Waals surface area contributed by atoms with Gasteiger partial charge in [-0.1, -0.05) is 33.7 Å². The molecule has 186 valence electrons. The van der Waals surface area contributed by atoms with Crippen LogP contribution in [0.25, 0.3) is 0 Å². The highest BCUT2D eigenvalue weighted by molar-refractivity contribution is 8.77. The van der Waals surface area contributed by atoms with E-state index >= 15 is 0 Å². The average molecular weight is 500 g/mol. The molecule has 1 unspecified atom stereocenters. The Hall–Kier alpha value is -1.94. The molecule has 0 saturated carbocycles. The summed E-state index contributed by atoms with van der Waals surface area (Å²) in [5.41, 5.74) is -0.336. The Bertz CT molecular complexity index is 783. The van der Waals surface area contributed by atoms with E-state index in [0.717, 1.165) is 10.5 Å². The molecule has 33 heavy (non-hydrogen) atoms. The predicted octanol–water partition coefficient (Wildman–Crippen LogP) is 5.18. The van der Waals surface area contributed by atoms with Gasteiger partial charge < -0.3 is 30.2 Å². The lowest BCUT2D eigenvalue weighted by molar-refractivity contribution is -0.0980. The normalized spacial score (nSPS) is 17.5. The third-order valence-corrected chi connectivity index (χ3v) is 7.19. The number of carbonyl (C=O) groups is 2. The van der Waals surface area contributed by atoms with Gasteiger partial charge in [-0.2, -0.15) is 0 Å². The van der Waals surface area contributed by atoms with Crippen molar-refractivity contribution in [1.29, 1.82) is 0 Å². The Kier molecular flexibility index (Phi) is 13.5. The molecule has 1 aliphatic carbocycles. The van der Waals surface area contributed by atoms with E-state index in [-0.39, 0.29) is 17.1 Å². The molecular weight excluding hydrogens is 462 g/mol. The van der Waals surface area contributed by atoms with Gasteiger partial charge in [0.05, 0.1) is 12.2 Å². The van der Waals surface area contributed by atoms with Crippen LogP contribution in [-0.4, -0.2) is 50.7 Å². The quantitative estimate of drug-likeness (QED) is 0.396. The maximum Gasteiger partial charge on any atom is 0.407 e. The summed E-state index contributed by atoms with van der Waals surface area (Å²) >= 11 is 0. The number of aliphatic hydroxyl groups is 3.